The number of anilines is 1. The molecule has 0 aromatic carbocycles. The Hall–Kier alpha value is -3.01. The minimum Gasteiger partial charge on any atom is -0.492 e. The summed E-state index contributed by atoms with van der Waals surface area (Å²) in [4.78, 5) is 22.9. The lowest BCUT2D eigenvalue weighted by atomic mass is 9.89. The highest BCUT2D eigenvalue weighted by molar-refractivity contribution is 5.97. The van der Waals surface area contributed by atoms with Crippen LogP contribution in [0.4, 0.5) is 5.82 Å². The van der Waals surface area contributed by atoms with E-state index in [1.54, 1.807) is 6.20 Å². The molecule has 1 spiro atoms. The Morgan fingerprint density at radius 3 is 3.00 bits per heavy atom. The van der Waals surface area contributed by atoms with E-state index >= 15 is 0 Å². The van der Waals surface area contributed by atoms with Crippen molar-refractivity contribution in [2.24, 2.45) is 7.05 Å². The van der Waals surface area contributed by atoms with Crippen LogP contribution in [0.2, 0.25) is 0 Å². The number of aryl methyl sites for hydroxylation is 1. The summed E-state index contributed by atoms with van der Waals surface area (Å²) < 4.78 is 20.7. The number of carbonyl (C=O) groups excluding carboxylic acids is 1. The van der Waals surface area contributed by atoms with E-state index < -0.39 is 5.60 Å². The van der Waals surface area contributed by atoms with Crippen LogP contribution in [-0.4, -0.2) is 71.9 Å². The normalized spacial score (nSPS) is 24.2. The number of hydrogen-bond acceptors (Lipinski definition) is 7. The van der Waals surface area contributed by atoms with Crippen LogP contribution in [0.3, 0.4) is 0 Å². The number of rotatable bonds is 6. The predicted molar refractivity (Wildman–Crippen MR) is 132 cm³/mol. The largest absolute Gasteiger partial charge is 0.492 e. The van der Waals surface area contributed by atoms with Crippen molar-refractivity contribution >= 4 is 23.1 Å². The highest BCUT2D eigenvalue weighted by Gasteiger charge is 2.44. The number of hydrogen-bond donors (Lipinski definition) is 1. The molecule has 0 saturated carbocycles. The van der Waals surface area contributed by atoms with Crippen LogP contribution >= 0.6 is 0 Å². The Morgan fingerprint density at radius 2 is 2.23 bits per heavy atom. The van der Waals surface area contributed by atoms with E-state index in [0.717, 1.165) is 65.0 Å². The molecule has 0 aliphatic carbocycles. The first-order valence-electron chi connectivity index (χ1n) is 12.3. The molecule has 6 rings (SSSR count). The SMILES string of the molecule is CN1CCCC1COc1cc(-c2cn(C)c3cnc(NC=O)cc23)nc2c1CCOC21CCOC1. The molecule has 0 radical (unpaired) electrons. The quantitative estimate of drug-likeness (QED) is 0.546. The smallest absolute Gasteiger partial charge is 0.212 e. The Morgan fingerprint density at radius 1 is 1.31 bits per heavy atom. The first-order chi connectivity index (χ1) is 17.1. The van der Waals surface area contributed by atoms with Crippen molar-refractivity contribution < 1.29 is 19.0 Å². The third kappa shape index (κ3) is 3.87. The highest BCUT2D eigenvalue weighted by atomic mass is 16.6. The predicted octanol–water partition coefficient (Wildman–Crippen LogP) is 2.86. The molecule has 9 heteroatoms. The van der Waals surface area contributed by atoms with Gasteiger partial charge in [-0.25, -0.2) is 9.97 Å². The van der Waals surface area contributed by atoms with Crippen molar-refractivity contribution in [3.63, 3.8) is 0 Å². The Kier molecular flexibility index (Phi) is 5.70. The van der Waals surface area contributed by atoms with E-state index in [0.29, 0.717) is 44.7 Å². The van der Waals surface area contributed by atoms with E-state index in [-0.39, 0.29) is 0 Å². The minimum absolute atomic E-state index is 0.423. The molecule has 2 fully saturated rings. The van der Waals surface area contributed by atoms with Crippen LogP contribution in [0.1, 0.15) is 30.5 Å². The van der Waals surface area contributed by atoms with Crippen molar-refractivity contribution in [1.29, 1.82) is 0 Å². The molecule has 3 aliphatic rings. The van der Waals surface area contributed by atoms with Crippen LogP contribution in [0, 0.1) is 0 Å². The number of nitrogens with zero attached hydrogens (tertiary/aromatic N) is 4. The van der Waals surface area contributed by atoms with Gasteiger partial charge in [-0.3, -0.25) is 4.79 Å². The fourth-order valence-electron chi connectivity index (χ4n) is 5.69. The number of ether oxygens (including phenoxy) is 3. The molecular weight excluding hydrogens is 446 g/mol. The lowest BCUT2D eigenvalue weighted by molar-refractivity contribution is -0.105. The van der Waals surface area contributed by atoms with Gasteiger partial charge in [0.25, 0.3) is 0 Å². The van der Waals surface area contributed by atoms with Gasteiger partial charge in [0.15, 0.2) is 0 Å². The van der Waals surface area contributed by atoms with Crippen molar-refractivity contribution in [1.82, 2.24) is 19.4 Å². The summed E-state index contributed by atoms with van der Waals surface area (Å²) in [6.45, 7) is 3.58. The Bertz CT molecular complexity index is 1270. The molecule has 2 unspecified atom stereocenters. The van der Waals surface area contributed by atoms with E-state index in [1.165, 1.54) is 6.42 Å². The van der Waals surface area contributed by atoms with Crippen LogP contribution in [-0.2, 0) is 33.3 Å². The molecule has 1 amide bonds. The minimum atomic E-state index is -0.526. The van der Waals surface area contributed by atoms with Crippen molar-refractivity contribution in [3.8, 4) is 17.0 Å². The van der Waals surface area contributed by atoms with E-state index in [9.17, 15) is 4.79 Å². The van der Waals surface area contributed by atoms with Crippen molar-refractivity contribution in [3.05, 3.63) is 35.8 Å². The maximum absolute atomic E-state index is 11.0. The zero-order valence-corrected chi connectivity index (χ0v) is 20.2. The average Bonchev–Trinajstić information content (AvgIpc) is 3.58. The van der Waals surface area contributed by atoms with E-state index in [2.05, 4.69) is 34.5 Å². The van der Waals surface area contributed by atoms with Crippen LogP contribution in [0.15, 0.2) is 24.5 Å². The van der Waals surface area contributed by atoms with Gasteiger partial charge < -0.3 is 29.0 Å². The monoisotopic (exact) mass is 477 g/mol. The van der Waals surface area contributed by atoms with Gasteiger partial charge in [0.1, 0.15) is 23.8 Å². The van der Waals surface area contributed by atoms with Gasteiger partial charge in [-0.2, -0.15) is 0 Å². The molecule has 0 bridgehead atoms. The lowest BCUT2D eigenvalue weighted by Crippen LogP contribution is -2.38. The van der Waals surface area contributed by atoms with Crippen LogP contribution < -0.4 is 10.1 Å². The number of pyridine rings is 2. The number of carbonyl (C=O) groups is 1. The van der Waals surface area contributed by atoms with Gasteiger partial charge in [0.2, 0.25) is 6.41 Å². The number of likely N-dealkylation sites (N-methyl/N-ethyl adjacent to an activating group) is 1. The summed E-state index contributed by atoms with van der Waals surface area (Å²) in [5, 5.41) is 3.62. The maximum Gasteiger partial charge on any atom is 0.212 e. The molecule has 35 heavy (non-hydrogen) atoms. The zero-order chi connectivity index (χ0) is 24.0. The molecule has 2 saturated heterocycles. The molecule has 6 heterocycles. The number of nitrogens with one attached hydrogen (secondary N) is 1. The molecule has 3 aromatic heterocycles. The molecule has 9 nitrogen and oxygen atoms in total. The number of likely N-dealkylation sites (tertiary alicyclic amines) is 1. The average molecular weight is 478 g/mol. The summed E-state index contributed by atoms with van der Waals surface area (Å²) in [6.07, 6.45) is 8.38. The number of fused-ring (bicyclic) bond motifs is 3. The topological polar surface area (TPSA) is 90.7 Å². The second kappa shape index (κ2) is 8.89. The highest BCUT2D eigenvalue weighted by Crippen LogP contribution is 2.44. The number of aromatic nitrogens is 3. The van der Waals surface area contributed by atoms with Crippen molar-refractivity contribution in [2.45, 2.75) is 37.3 Å². The van der Waals surface area contributed by atoms with E-state index in [4.69, 9.17) is 19.2 Å². The fourth-order valence-corrected chi connectivity index (χ4v) is 5.69. The molecule has 1 N–H and O–H groups in total. The van der Waals surface area contributed by atoms with Gasteiger partial charge in [-0.1, -0.05) is 0 Å². The Labute approximate surface area is 204 Å². The summed E-state index contributed by atoms with van der Waals surface area (Å²) in [6, 6.07) is 4.38. The van der Waals surface area contributed by atoms with Crippen molar-refractivity contribution in [2.75, 3.05) is 45.3 Å². The first-order valence-corrected chi connectivity index (χ1v) is 12.3. The van der Waals surface area contributed by atoms with Gasteiger partial charge in [0.05, 0.1) is 36.3 Å². The summed E-state index contributed by atoms with van der Waals surface area (Å²) in [7, 11) is 4.16. The second-order valence-corrected chi connectivity index (χ2v) is 9.82. The fraction of sp³-hybridized carbons (Fsp3) is 0.500. The maximum atomic E-state index is 11.0. The molecular formula is C26H31N5O4. The summed E-state index contributed by atoms with van der Waals surface area (Å²) in [5.74, 6) is 1.39. The third-order valence-electron chi connectivity index (χ3n) is 7.69. The van der Waals surface area contributed by atoms with Gasteiger partial charge >= 0.3 is 0 Å². The van der Waals surface area contributed by atoms with Gasteiger partial charge in [-0.05, 0) is 32.5 Å². The lowest BCUT2D eigenvalue weighted by Gasteiger charge is -2.35. The second-order valence-electron chi connectivity index (χ2n) is 9.82. The zero-order valence-electron chi connectivity index (χ0n) is 20.2. The molecule has 3 aliphatic heterocycles. The summed E-state index contributed by atoms with van der Waals surface area (Å²) >= 11 is 0. The van der Waals surface area contributed by atoms with Crippen LogP contribution in [0.25, 0.3) is 22.2 Å². The summed E-state index contributed by atoms with van der Waals surface area (Å²) in [5.41, 5.74) is 4.29. The third-order valence-corrected chi connectivity index (χ3v) is 7.69. The Balaban J connectivity index is 1.48. The molecule has 184 valence electrons. The van der Waals surface area contributed by atoms with Gasteiger partial charge in [0, 0.05) is 61.3 Å². The van der Waals surface area contributed by atoms with E-state index in [1.807, 2.05) is 17.7 Å². The standard InChI is InChI=1S/C26H31N5O4/c1-30-7-3-4-17(30)14-34-23-11-21(29-25-18(23)5-8-35-26(25)6-9-33-15-26)20-13-31(2)22-12-27-24(28-16-32)10-19(20)22/h10-13,16-17H,3-9,14-15H2,1-2H3,(H,27,28,32). The molecule has 3 aromatic rings. The molecule has 2 atom stereocenters. The number of amides is 1. The first kappa shape index (κ1) is 22.5. The van der Waals surface area contributed by atoms with Gasteiger partial charge in [-0.15, -0.1) is 0 Å². The van der Waals surface area contributed by atoms with Crippen LogP contribution in [0.5, 0.6) is 5.75 Å².